The first-order chi connectivity index (χ1) is 9.08. The molecule has 0 aromatic heterocycles. The van der Waals surface area contributed by atoms with Gasteiger partial charge in [-0.2, -0.15) is 0 Å². The van der Waals surface area contributed by atoms with Crippen LogP contribution in [0.3, 0.4) is 0 Å². The van der Waals surface area contributed by atoms with Crippen molar-refractivity contribution < 1.29 is 14.0 Å². The van der Waals surface area contributed by atoms with Crippen LogP contribution < -0.4 is 4.74 Å². The summed E-state index contributed by atoms with van der Waals surface area (Å²) >= 11 is 7.26. The molecule has 0 saturated carbocycles. The highest BCUT2D eigenvalue weighted by molar-refractivity contribution is 8.13. The van der Waals surface area contributed by atoms with Crippen molar-refractivity contribution in [3.05, 3.63) is 29.6 Å². The summed E-state index contributed by atoms with van der Waals surface area (Å²) in [6.45, 7) is 1.90. The van der Waals surface area contributed by atoms with Crippen molar-refractivity contribution in [2.75, 3.05) is 13.0 Å². The molecule has 1 unspecified atom stereocenters. The van der Waals surface area contributed by atoms with Crippen molar-refractivity contribution in [2.24, 2.45) is 5.16 Å². The number of hydrogen-bond acceptors (Lipinski definition) is 4. The Bertz CT molecular complexity index is 498. The number of thioether (sulfide) groups is 1. The third-order valence-corrected chi connectivity index (χ3v) is 4.41. The first-order valence-electron chi connectivity index (χ1n) is 5.83. The zero-order valence-electron chi connectivity index (χ0n) is 10.8. The average molecular weight is 304 g/mol. The zero-order chi connectivity index (χ0) is 13.9. The van der Waals surface area contributed by atoms with E-state index in [0.29, 0.717) is 29.4 Å². The van der Waals surface area contributed by atoms with Gasteiger partial charge in [0.1, 0.15) is 16.6 Å². The number of oxime groups is 1. The molecule has 2 rings (SSSR count). The van der Waals surface area contributed by atoms with Crippen LogP contribution in [0.15, 0.2) is 23.4 Å². The van der Waals surface area contributed by atoms with Crippen LogP contribution in [-0.4, -0.2) is 23.6 Å². The third-order valence-electron chi connectivity index (χ3n) is 2.85. The van der Waals surface area contributed by atoms with Crippen LogP contribution in [0.4, 0.5) is 4.39 Å². The number of methoxy groups -OCH3 is 1. The van der Waals surface area contributed by atoms with Crippen molar-refractivity contribution in [3.63, 3.8) is 0 Å². The number of benzene rings is 1. The van der Waals surface area contributed by atoms with E-state index in [4.69, 9.17) is 21.2 Å². The van der Waals surface area contributed by atoms with Gasteiger partial charge in [0.25, 0.3) is 0 Å². The molecule has 0 saturated heterocycles. The monoisotopic (exact) mass is 303 g/mol. The summed E-state index contributed by atoms with van der Waals surface area (Å²) in [5.41, 5.74) is 0.0978. The maximum atomic E-state index is 13.7. The standard InChI is InChI=1S/C13H15ClFNO2S/c1-13(8-14)6-12(16-18-13)19-7-9-10(15)4-3-5-11(9)17-2/h3-5H,6-8H2,1-2H3. The van der Waals surface area contributed by atoms with Gasteiger partial charge in [0.15, 0.2) is 5.60 Å². The predicted octanol–water partition coefficient (Wildman–Crippen LogP) is 3.80. The van der Waals surface area contributed by atoms with Gasteiger partial charge < -0.3 is 9.57 Å². The molecular weight excluding hydrogens is 289 g/mol. The number of halogens is 2. The van der Waals surface area contributed by atoms with E-state index in [0.717, 1.165) is 5.04 Å². The van der Waals surface area contributed by atoms with E-state index in [1.165, 1.54) is 24.9 Å². The number of alkyl halides is 1. The van der Waals surface area contributed by atoms with Gasteiger partial charge in [0.05, 0.1) is 13.0 Å². The molecule has 6 heteroatoms. The lowest BCUT2D eigenvalue weighted by atomic mass is 10.1. The van der Waals surface area contributed by atoms with E-state index in [9.17, 15) is 4.39 Å². The molecule has 1 aliphatic rings. The lowest BCUT2D eigenvalue weighted by Gasteiger charge is -2.16. The molecule has 1 aliphatic heterocycles. The third kappa shape index (κ3) is 3.34. The first kappa shape index (κ1) is 14.5. The Morgan fingerprint density at radius 3 is 3.00 bits per heavy atom. The van der Waals surface area contributed by atoms with Crippen molar-refractivity contribution >= 4 is 28.4 Å². The van der Waals surface area contributed by atoms with E-state index in [1.54, 1.807) is 12.1 Å². The van der Waals surface area contributed by atoms with Crippen LogP contribution in [0.2, 0.25) is 0 Å². The molecule has 3 nitrogen and oxygen atoms in total. The van der Waals surface area contributed by atoms with Crippen molar-refractivity contribution in [1.29, 1.82) is 0 Å². The lowest BCUT2D eigenvalue weighted by Crippen LogP contribution is -2.26. The minimum Gasteiger partial charge on any atom is -0.496 e. The first-order valence-corrected chi connectivity index (χ1v) is 7.35. The Morgan fingerprint density at radius 2 is 2.37 bits per heavy atom. The number of ether oxygens (including phenoxy) is 1. The zero-order valence-corrected chi connectivity index (χ0v) is 12.4. The van der Waals surface area contributed by atoms with Gasteiger partial charge in [-0.1, -0.05) is 11.2 Å². The van der Waals surface area contributed by atoms with Gasteiger partial charge in [-0.15, -0.1) is 23.4 Å². The molecule has 1 atom stereocenters. The highest BCUT2D eigenvalue weighted by Crippen LogP contribution is 2.33. The van der Waals surface area contributed by atoms with Gasteiger partial charge in [-0.25, -0.2) is 4.39 Å². The van der Waals surface area contributed by atoms with Gasteiger partial charge >= 0.3 is 0 Å². The molecule has 0 spiro atoms. The summed E-state index contributed by atoms with van der Waals surface area (Å²) in [5, 5.41) is 4.82. The fraction of sp³-hybridized carbons (Fsp3) is 0.462. The number of hydrogen-bond donors (Lipinski definition) is 0. The van der Waals surface area contributed by atoms with E-state index in [1.807, 2.05) is 6.92 Å². The van der Waals surface area contributed by atoms with E-state index < -0.39 is 5.60 Å². The number of nitrogens with zero attached hydrogens (tertiary/aromatic N) is 1. The molecule has 0 N–H and O–H groups in total. The smallest absolute Gasteiger partial charge is 0.154 e. The maximum Gasteiger partial charge on any atom is 0.154 e. The van der Waals surface area contributed by atoms with Crippen LogP contribution in [0.1, 0.15) is 18.9 Å². The van der Waals surface area contributed by atoms with Crippen LogP contribution in [-0.2, 0) is 10.6 Å². The second kappa shape index (κ2) is 6.01. The van der Waals surface area contributed by atoms with Crippen LogP contribution in [0, 0.1) is 5.82 Å². The van der Waals surface area contributed by atoms with Gasteiger partial charge in [0.2, 0.25) is 0 Å². The van der Waals surface area contributed by atoms with Gasteiger partial charge in [-0.05, 0) is 19.1 Å². The molecule has 1 heterocycles. The normalized spacial score (nSPS) is 22.0. The average Bonchev–Trinajstić information content (AvgIpc) is 2.80. The molecular formula is C13H15ClFNO2S. The molecule has 0 fully saturated rings. The molecule has 104 valence electrons. The Kier molecular flexibility index (Phi) is 4.58. The topological polar surface area (TPSA) is 30.8 Å². The highest BCUT2D eigenvalue weighted by Gasteiger charge is 2.33. The van der Waals surface area contributed by atoms with Crippen molar-refractivity contribution in [1.82, 2.24) is 0 Å². The Labute approximate surface area is 121 Å². The Balaban J connectivity index is 2.01. The van der Waals surface area contributed by atoms with Crippen molar-refractivity contribution in [2.45, 2.75) is 24.7 Å². The van der Waals surface area contributed by atoms with E-state index in [2.05, 4.69) is 5.16 Å². The van der Waals surface area contributed by atoms with Crippen LogP contribution >= 0.6 is 23.4 Å². The molecule has 0 amide bonds. The number of rotatable bonds is 4. The van der Waals surface area contributed by atoms with E-state index in [-0.39, 0.29) is 5.82 Å². The van der Waals surface area contributed by atoms with E-state index >= 15 is 0 Å². The molecule has 0 aliphatic carbocycles. The predicted molar refractivity (Wildman–Crippen MR) is 76.5 cm³/mol. The second-order valence-corrected chi connectivity index (χ2v) is 5.86. The van der Waals surface area contributed by atoms with Gasteiger partial charge in [-0.3, -0.25) is 0 Å². The molecule has 0 radical (unpaired) electrons. The maximum absolute atomic E-state index is 13.7. The summed E-state index contributed by atoms with van der Waals surface area (Å²) < 4.78 is 18.9. The molecule has 1 aromatic rings. The largest absolute Gasteiger partial charge is 0.496 e. The van der Waals surface area contributed by atoms with Crippen molar-refractivity contribution in [3.8, 4) is 5.75 Å². The Morgan fingerprint density at radius 1 is 1.58 bits per heavy atom. The minimum absolute atomic E-state index is 0.272. The minimum atomic E-state index is -0.441. The summed E-state index contributed by atoms with van der Waals surface area (Å²) in [6.07, 6.45) is 0.651. The lowest BCUT2D eigenvalue weighted by molar-refractivity contribution is 0.0152. The molecule has 1 aromatic carbocycles. The van der Waals surface area contributed by atoms with Crippen LogP contribution in [0.5, 0.6) is 5.75 Å². The summed E-state index contributed by atoms with van der Waals surface area (Å²) in [6, 6.07) is 4.80. The summed E-state index contributed by atoms with van der Waals surface area (Å²) in [7, 11) is 1.53. The quantitative estimate of drug-likeness (QED) is 0.793. The molecule has 19 heavy (non-hydrogen) atoms. The fourth-order valence-electron chi connectivity index (χ4n) is 1.72. The highest BCUT2D eigenvalue weighted by atomic mass is 35.5. The Hall–Kier alpha value is -0.940. The summed E-state index contributed by atoms with van der Waals surface area (Å²) in [5.74, 6) is 1.11. The SMILES string of the molecule is COc1cccc(F)c1CSC1=NOC(C)(CCl)C1. The second-order valence-electron chi connectivity index (χ2n) is 4.55. The van der Waals surface area contributed by atoms with Gasteiger partial charge in [0, 0.05) is 17.7 Å². The summed E-state index contributed by atoms with van der Waals surface area (Å²) in [4.78, 5) is 5.29. The molecule has 0 bridgehead atoms. The fourth-order valence-corrected chi connectivity index (χ4v) is 2.95. The van der Waals surface area contributed by atoms with Crippen LogP contribution in [0.25, 0.3) is 0 Å².